The highest BCUT2D eigenvalue weighted by molar-refractivity contribution is 6.31. The molecule has 0 atom stereocenters. The molecule has 0 saturated carbocycles. The van der Waals surface area contributed by atoms with Crippen LogP contribution in [0.5, 0.6) is 0 Å². The first-order chi connectivity index (χ1) is 6.34. The second kappa shape index (κ2) is 5.91. The lowest BCUT2D eigenvalue weighted by molar-refractivity contribution is 0.991. The molecule has 0 aliphatic heterocycles. The van der Waals surface area contributed by atoms with Crippen LogP contribution in [-0.4, -0.2) is 5.88 Å². The standard InChI is InChI=1S/C11H10Cl2/c12-9-5-1-2-6-10-7-3-4-8-11(10)13/h3-4,7-8H,1,5,9H2. The van der Waals surface area contributed by atoms with E-state index in [-0.39, 0.29) is 0 Å². The van der Waals surface area contributed by atoms with Crippen LogP contribution >= 0.6 is 23.2 Å². The van der Waals surface area contributed by atoms with Crippen LogP contribution < -0.4 is 0 Å². The maximum atomic E-state index is 5.91. The molecule has 0 fully saturated rings. The number of benzene rings is 1. The zero-order chi connectivity index (χ0) is 9.52. The summed E-state index contributed by atoms with van der Waals surface area (Å²) < 4.78 is 0. The largest absolute Gasteiger partial charge is 0.127 e. The van der Waals surface area contributed by atoms with Crippen molar-refractivity contribution in [3.63, 3.8) is 0 Å². The van der Waals surface area contributed by atoms with Crippen LogP contribution in [0.3, 0.4) is 0 Å². The van der Waals surface area contributed by atoms with E-state index in [2.05, 4.69) is 11.8 Å². The first-order valence-corrected chi connectivity index (χ1v) is 5.05. The normalized spacial score (nSPS) is 9.08. The predicted molar refractivity (Wildman–Crippen MR) is 58.3 cm³/mol. The monoisotopic (exact) mass is 212 g/mol. The van der Waals surface area contributed by atoms with Gasteiger partial charge in [0.05, 0.1) is 5.02 Å². The van der Waals surface area contributed by atoms with Crippen molar-refractivity contribution in [1.29, 1.82) is 0 Å². The molecule has 13 heavy (non-hydrogen) atoms. The van der Waals surface area contributed by atoms with Gasteiger partial charge in [-0.3, -0.25) is 0 Å². The van der Waals surface area contributed by atoms with Crippen molar-refractivity contribution < 1.29 is 0 Å². The Morgan fingerprint density at radius 2 is 2.00 bits per heavy atom. The van der Waals surface area contributed by atoms with Gasteiger partial charge in [0.15, 0.2) is 0 Å². The Labute approximate surface area is 88.9 Å². The first kappa shape index (κ1) is 10.4. The Kier molecular flexibility index (Phi) is 4.75. The minimum Gasteiger partial charge on any atom is -0.127 e. The van der Waals surface area contributed by atoms with Gasteiger partial charge in [-0.25, -0.2) is 0 Å². The van der Waals surface area contributed by atoms with Crippen molar-refractivity contribution in [3.05, 3.63) is 34.9 Å². The van der Waals surface area contributed by atoms with Crippen LogP contribution in [-0.2, 0) is 0 Å². The van der Waals surface area contributed by atoms with E-state index in [1.165, 1.54) is 0 Å². The van der Waals surface area contributed by atoms with E-state index in [0.29, 0.717) is 10.9 Å². The van der Waals surface area contributed by atoms with Crippen LogP contribution in [0.1, 0.15) is 18.4 Å². The van der Waals surface area contributed by atoms with Crippen LogP contribution in [0.2, 0.25) is 5.02 Å². The Bertz CT molecular complexity index is 320. The molecule has 1 aromatic carbocycles. The van der Waals surface area contributed by atoms with E-state index in [9.17, 15) is 0 Å². The maximum Gasteiger partial charge on any atom is 0.0562 e. The van der Waals surface area contributed by atoms with Crippen molar-refractivity contribution in [2.24, 2.45) is 0 Å². The summed E-state index contributed by atoms with van der Waals surface area (Å²) in [5.74, 6) is 6.70. The fraction of sp³-hybridized carbons (Fsp3) is 0.273. The van der Waals surface area contributed by atoms with Crippen molar-refractivity contribution >= 4 is 23.2 Å². The summed E-state index contributed by atoms with van der Waals surface area (Å²) >= 11 is 11.4. The number of unbranched alkanes of at least 4 members (excludes halogenated alkanes) is 1. The minimum atomic E-state index is 0.664. The van der Waals surface area contributed by atoms with E-state index in [1.807, 2.05) is 24.3 Å². The van der Waals surface area contributed by atoms with Crippen molar-refractivity contribution in [2.75, 3.05) is 5.88 Å². The topological polar surface area (TPSA) is 0 Å². The maximum absolute atomic E-state index is 5.91. The van der Waals surface area contributed by atoms with E-state index in [4.69, 9.17) is 23.2 Å². The molecular weight excluding hydrogens is 203 g/mol. The van der Waals surface area contributed by atoms with Crippen LogP contribution in [0.15, 0.2) is 24.3 Å². The Balaban J connectivity index is 2.61. The molecular formula is C11H10Cl2. The molecule has 0 aliphatic rings. The van der Waals surface area contributed by atoms with E-state index in [1.54, 1.807) is 0 Å². The third kappa shape index (κ3) is 3.72. The molecule has 1 aromatic rings. The first-order valence-electron chi connectivity index (χ1n) is 4.14. The Hall–Kier alpha value is -0.640. The molecule has 0 N–H and O–H groups in total. The Morgan fingerprint density at radius 1 is 1.23 bits per heavy atom. The van der Waals surface area contributed by atoms with Gasteiger partial charge in [-0.1, -0.05) is 35.6 Å². The summed E-state index contributed by atoms with van der Waals surface area (Å²) in [7, 11) is 0. The Morgan fingerprint density at radius 3 is 2.69 bits per heavy atom. The molecule has 68 valence electrons. The highest BCUT2D eigenvalue weighted by Gasteiger charge is 1.91. The van der Waals surface area contributed by atoms with Crippen LogP contribution in [0.25, 0.3) is 0 Å². The molecule has 0 saturated heterocycles. The molecule has 1 rings (SSSR count). The molecule has 0 nitrogen and oxygen atoms in total. The van der Waals surface area contributed by atoms with Gasteiger partial charge in [-0.15, -0.1) is 11.6 Å². The molecule has 0 amide bonds. The SMILES string of the molecule is ClCCCC#Cc1ccccc1Cl. The minimum absolute atomic E-state index is 0.664. The van der Waals surface area contributed by atoms with E-state index >= 15 is 0 Å². The lowest BCUT2D eigenvalue weighted by atomic mass is 10.2. The molecule has 0 radical (unpaired) electrons. The molecule has 0 spiro atoms. The number of rotatable bonds is 2. The molecule has 0 heterocycles. The van der Waals surface area contributed by atoms with Crippen molar-refractivity contribution in [2.45, 2.75) is 12.8 Å². The van der Waals surface area contributed by atoms with Gasteiger partial charge in [-0.2, -0.15) is 0 Å². The summed E-state index contributed by atoms with van der Waals surface area (Å²) in [6, 6.07) is 7.58. The summed E-state index contributed by atoms with van der Waals surface area (Å²) in [6.45, 7) is 0. The lowest BCUT2D eigenvalue weighted by Crippen LogP contribution is -1.76. The van der Waals surface area contributed by atoms with Gasteiger partial charge in [0.2, 0.25) is 0 Å². The zero-order valence-electron chi connectivity index (χ0n) is 7.19. The molecule has 0 aromatic heterocycles. The third-order valence-corrected chi connectivity index (χ3v) is 2.13. The van der Waals surface area contributed by atoms with Crippen molar-refractivity contribution in [3.8, 4) is 11.8 Å². The smallest absolute Gasteiger partial charge is 0.0562 e. The average molecular weight is 213 g/mol. The fourth-order valence-electron chi connectivity index (χ4n) is 0.876. The number of hydrogen-bond acceptors (Lipinski definition) is 0. The van der Waals surface area contributed by atoms with Gasteiger partial charge >= 0.3 is 0 Å². The second-order valence-electron chi connectivity index (χ2n) is 2.57. The summed E-state index contributed by atoms with van der Waals surface area (Å²) in [5.41, 5.74) is 0.888. The summed E-state index contributed by atoms with van der Waals surface area (Å²) in [4.78, 5) is 0. The van der Waals surface area contributed by atoms with Crippen LogP contribution in [0.4, 0.5) is 0 Å². The lowest BCUT2D eigenvalue weighted by Gasteiger charge is -1.92. The van der Waals surface area contributed by atoms with Gasteiger partial charge in [-0.05, 0) is 18.6 Å². The number of halogens is 2. The van der Waals surface area contributed by atoms with Gasteiger partial charge in [0, 0.05) is 17.9 Å². The number of alkyl halides is 1. The molecule has 0 bridgehead atoms. The summed E-state index contributed by atoms with van der Waals surface area (Å²) in [5, 5.41) is 0.709. The van der Waals surface area contributed by atoms with Crippen LogP contribution in [0, 0.1) is 11.8 Å². The quantitative estimate of drug-likeness (QED) is 0.399. The predicted octanol–water partition coefficient (Wildman–Crippen LogP) is 3.71. The highest BCUT2D eigenvalue weighted by Crippen LogP contribution is 2.13. The zero-order valence-corrected chi connectivity index (χ0v) is 8.70. The number of hydrogen-bond donors (Lipinski definition) is 0. The highest BCUT2D eigenvalue weighted by atomic mass is 35.5. The molecule has 0 unspecified atom stereocenters. The van der Waals surface area contributed by atoms with Crippen molar-refractivity contribution in [1.82, 2.24) is 0 Å². The van der Waals surface area contributed by atoms with Gasteiger partial charge in [0.1, 0.15) is 0 Å². The molecule has 0 aliphatic carbocycles. The van der Waals surface area contributed by atoms with Gasteiger partial charge in [0.25, 0.3) is 0 Å². The fourth-order valence-corrected chi connectivity index (χ4v) is 1.19. The third-order valence-electron chi connectivity index (χ3n) is 1.53. The van der Waals surface area contributed by atoms with E-state index in [0.717, 1.165) is 18.4 Å². The van der Waals surface area contributed by atoms with Gasteiger partial charge < -0.3 is 0 Å². The van der Waals surface area contributed by atoms with E-state index < -0.39 is 0 Å². The molecule has 2 heteroatoms. The average Bonchev–Trinajstić information content (AvgIpc) is 2.15. The summed E-state index contributed by atoms with van der Waals surface area (Å²) in [6.07, 6.45) is 1.76. The second-order valence-corrected chi connectivity index (χ2v) is 3.36.